The molecule has 1 amide bonds. The van der Waals surface area contributed by atoms with Gasteiger partial charge in [-0.25, -0.2) is 0 Å². The molecule has 114 valence electrons. The van der Waals surface area contributed by atoms with Gasteiger partial charge in [0.15, 0.2) is 12.4 Å². The third-order valence-electron chi connectivity index (χ3n) is 3.05. The number of aryl methyl sites for hydroxylation is 1. The number of amides is 1. The molecule has 0 aliphatic heterocycles. The number of nitrogens with zero attached hydrogens (tertiary/aromatic N) is 2. The van der Waals surface area contributed by atoms with Gasteiger partial charge in [-0.05, 0) is 18.6 Å². The number of carbonyl (C=O) groups is 1. The minimum atomic E-state index is -0.524. The molecule has 0 unspecified atom stereocenters. The van der Waals surface area contributed by atoms with Crippen molar-refractivity contribution in [1.82, 2.24) is 0 Å². The topological polar surface area (TPSA) is 85.3 Å². The van der Waals surface area contributed by atoms with E-state index in [0.717, 1.165) is 5.56 Å². The standard InChI is InChI=1S/C15H15N3O4/c1-11-5-7-17(8-6-11)10-15(19)16-13-9-12(18(20)21)3-4-14(13)22-2/h3-9H,10H2,1-2H3/p+1. The highest BCUT2D eigenvalue weighted by molar-refractivity contribution is 5.91. The summed E-state index contributed by atoms with van der Waals surface area (Å²) in [7, 11) is 1.44. The molecular weight excluding hydrogens is 286 g/mol. The Kier molecular flexibility index (Phi) is 4.67. The largest absolute Gasteiger partial charge is 0.495 e. The first-order valence-corrected chi connectivity index (χ1v) is 6.57. The second-order valence-electron chi connectivity index (χ2n) is 4.74. The number of aromatic nitrogens is 1. The molecule has 0 spiro atoms. The zero-order valence-electron chi connectivity index (χ0n) is 12.3. The van der Waals surface area contributed by atoms with E-state index >= 15 is 0 Å². The molecule has 7 nitrogen and oxygen atoms in total. The predicted octanol–water partition coefficient (Wildman–Crippen LogP) is 1.84. The average Bonchev–Trinajstić information content (AvgIpc) is 2.49. The second-order valence-corrected chi connectivity index (χ2v) is 4.74. The van der Waals surface area contributed by atoms with Gasteiger partial charge < -0.3 is 10.1 Å². The number of hydrogen-bond donors (Lipinski definition) is 1. The number of rotatable bonds is 5. The number of methoxy groups -OCH3 is 1. The van der Waals surface area contributed by atoms with E-state index in [0.29, 0.717) is 5.75 Å². The molecule has 7 heteroatoms. The lowest BCUT2D eigenvalue weighted by molar-refractivity contribution is -0.684. The van der Waals surface area contributed by atoms with Crippen molar-refractivity contribution in [2.75, 3.05) is 12.4 Å². The van der Waals surface area contributed by atoms with Gasteiger partial charge in [0.05, 0.1) is 17.7 Å². The molecule has 0 bridgehead atoms. The van der Waals surface area contributed by atoms with E-state index < -0.39 is 4.92 Å². The van der Waals surface area contributed by atoms with Crippen molar-refractivity contribution in [2.24, 2.45) is 0 Å². The molecule has 0 saturated heterocycles. The van der Waals surface area contributed by atoms with Crippen LogP contribution in [0.3, 0.4) is 0 Å². The Bertz CT molecular complexity index is 698. The van der Waals surface area contributed by atoms with E-state index in [1.165, 1.54) is 25.3 Å². The molecule has 0 radical (unpaired) electrons. The Morgan fingerprint density at radius 1 is 1.32 bits per heavy atom. The first-order valence-electron chi connectivity index (χ1n) is 6.57. The number of non-ortho nitro benzene ring substituents is 1. The zero-order chi connectivity index (χ0) is 16.1. The van der Waals surface area contributed by atoms with E-state index in [1.807, 2.05) is 19.1 Å². The number of anilines is 1. The maximum absolute atomic E-state index is 12.1. The molecule has 2 aromatic rings. The summed E-state index contributed by atoms with van der Waals surface area (Å²) in [6.45, 7) is 2.06. The van der Waals surface area contributed by atoms with Crippen LogP contribution < -0.4 is 14.6 Å². The number of carbonyl (C=O) groups excluding carboxylic acids is 1. The summed E-state index contributed by atoms with van der Waals surface area (Å²) in [4.78, 5) is 22.3. The number of benzene rings is 1. The molecule has 0 aliphatic rings. The van der Waals surface area contributed by atoms with Gasteiger partial charge in [-0.1, -0.05) is 0 Å². The summed E-state index contributed by atoms with van der Waals surface area (Å²) >= 11 is 0. The van der Waals surface area contributed by atoms with Crippen LogP contribution in [0.1, 0.15) is 5.56 Å². The van der Waals surface area contributed by atoms with Gasteiger partial charge in [0.2, 0.25) is 6.54 Å². The highest BCUT2D eigenvalue weighted by Crippen LogP contribution is 2.28. The number of nitro groups is 1. The van der Waals surface area contributed by atoms with Gasteiger partial charge in [0, 0.05) is 24.3 Å². The number of pyridine rings is 1. The van der Waals surface area contributed by atoms with Crippen molar-refractivity contribution in [3.05, 3.63) is 58.4 Å². The molecular formula is C15H16N3O4+. The van der Waals surface area contributed by atoms with Crippen molar-refractivity contribution in [1.29, 1.82) is 0 Å². The minimum absolute atomic E-state index is 0.103. The number of nitro benzene ring substituents is 1. The molecule has 22 heavy (non-hydrogen) atoms. The molecule has 2 rings (SSSR count). The molecule has 0 aliphatic carbocycles. The van der Waals surface area contributed by atoms with Crippen molar-refractivity contribution >= 4 is 17.3 Å². The summed E-state index contributed by atoms with van der Waals surface area (Å²) in [5.41, 5.74) is 1.26. The summed E-state index contributed by atoms with van der Waals surface area (Å²) in [6.07, 6.45) is 3.58. The lowest BCUT2D eigenvalue weighted by atomic mass is 10.2. The number of nitrogens with one attached hydrogen (secondary N) is 1. The van der Waals surface area contributed by atoms with Crippen LogP contribution in [0.4, 0.5) is 11.4 Å². The smallest absolute Gasteiger partial charge is 0.290 e. The molecule has 1 aromatic carbocycles. The third kappa shape index (κ3) is 3.78. The minimum Gasteiger partial charge on any atom is -0.495 e. The van der Waals surface area contributed by atoms with Crippen molar-refractivity contribution in [2.45, 2.75) is 13.5 Å². The van der Waals surface area contributed by atoms with Crippen molar-refractivity contribution < 1.29 is 19.0 Å². The first kappa shape index (κ1) is 15.4. The van der Waals surface area contributed by atoms with E-state index in [1.54, 1.807) is 17.0 Å². The molecule has 0 atom stereocenters. The maximum atomic E-state index is 12.1. The molecule has 1 N–H and O–H groups in total. The van der Waals surface area contributed by atoms with Crippen LogP contribution in [0.25, 0.3) is 0 Å². The van der Waals surface area contributed by atoms with E-state index in [2.05, 4.69) is 5.32 Å². The number of ether oxygens (including phenoxy) is 1. The van der Waals surface area contributed by atoms with Gasteiger partial charge in [-0.3, -0.25) is 14.9 Å². The van der Waals surface area contributed by atoms with Gasteiger partial charge in [-0.15, -0.1) is 0 Å². The van der Waals surface area contributed by atoms with Crippen LogP contribution in [0.5, 0.6) is 5.75 Å². The quantitative estimate of drug-likeness (QED) is 0.519. The van der Waals surface area contributed by atoms with Crippen LogP contribution in [-0.4, -0.2) is 17.9 Å². The second kappa shape index (κ2) is 6.66. The Morgan fingerprint density at radius 3 is 2.59 bits per heavy atom. The summed E-state index contributed by atoms with van der Waals surface area (Å²) in [5.74, 6) is 0.0699. The first-order chi connectivity index (χ1) is 10.5. The van der Waals surface area contributed by atoms with Crippen LogP contribution >= 0.6 is 0 Å². The van der Waals surface area contributed by atoms with Crippen LogP contribution in [0.2, 0.25) is 0 Å². The SMILES string of the molecule is COc1ccc([N+](=O)[O-])cc1NC(=O)C[n+]1ccc(C)cc1. The lowest BCUT2D eigenvalue weighted by Gasteiger charge is -2.08. The molecule has 0 saturated carbocycles. The Hall–Kier alpha value is -2.96. The third-order valence-corrected chi connectivity index (χ3v) is 3.05. The van der Waals surface area contributed by atoms with Crippen molar-refractivity contribution in [3.8, 4) is 5.75 Å². The molecule has 1 aromatic heterocycles. The van der Waals surface area contributed by atoms with Crippen molar-refractivity contribution in [3.63, 3.8) is 0 Å². The highest BCUT2D eigenvalue weighted by Gasteiger charge is 2.15. The van der Waals surface area contributed by atoms with Crippen LogP contribution in [0.15, 0.2) is 42.7 Å². The number of hydrogen-bond acceptors (Lipinski definition) is 4. The van der Waals surface area contributed by atoms with Crippen LogP contribution in [-0.2, 0) is 11.3 Å². The van der Waals surface area contributed by atoms with E-state index in [4.69, 9.17) is 4.74 Å². The Labute approximate surface area is 127 Å². The van der Waals surface area contributed by atoms with E-state index in [9.17, 15) is 14.9 Å². The van der Waals surface area contributed by atoms with Gasteiger partial charge in [0.1, 0.15) is 5.75 Å². The average molecular weight is 302 g/mol. The lowest BCUT2D eigenvalue weighted by Crippen LogP contribution is -2.39. The van der Waals surface area contributed by atoms with E-state index in [-0.39, 0.29) is 23.8 Å². The summed E-state index contributed by atoms with van der Waals surface area (Å²) in [6, 6.07) is 7.83. The Morgan fingerprint density at radius 2 is 2.00 bits per heavy atom. The summed E-state index contributed by atoms with van der Waals surface area (Å²) in [5, 5.41) is 13.4. The van der Waals surface area contributed by atoms with Crippen LogP contribution in [0, 0.1) is 17.0 Å². The normalized spacial score (nSPS) is 10.1. The fraction of sp³-hybridized carbons (Fsp3) is 0.200. The van der Waals surface area contributed by atoms with Gasteiger partial charge in [-0.2, -0.15) is 4.57 Å². The molecule has 0 fully saturated rings. The highest BCUT2D eigenvalue weighted by atomic mass is 16.6. The monoisotopic (exact) mass is 302 g/mol. The predicted molar refractivity (Wildman–Crippen MR) is 79.7 cm³/mol. The zero-order valence-corrected chi connectivity index (χ0v) is 12.3. The Balaban J connectivity index is 2.14. The van der Waals surface area contributed by atoms with Gasteiger partial charge >= 0.3 is 0 Å². The molecule has 1 heterocycles. The fourth-order valence-electron chi connectivity index (χ4n) is 1.90. The maximum Gasteiger partial charge on any atom is 0.290 e. The summed E-state index contributed by atoms with van der Waals surface area (Å²) < 4.78 is 6.82. The fourth-order valence-corrected chi connectivity index (χ4v) is 1.90. The van der Waals surface area contributed by atoms with Gasteiger partial charge in [0.25, 0.3) is 11.6 Å².